The molecule has 2 aliphatic carbocycles. The van der Waals surface area contributed by atoms with Crippen molar-refractivity contribution in [1.29, 1.82) is 0 Å². The van der Waals surface area contributed by atoms with Crippen LogP contribution in [-0.2, 0) is 11.2 Å². The molecule has 1 amide bonds. The van der Waals surface area contributed by atoms with E-state index in [4.69, 9.17) is 10.5 Å². The molecule has 7 heteroatoms. The lowest BCUT2D eigenvalue weighted by atomic mass is 9.81. The molecule has 1 heterocycles. The van der Waals surface area contributed by atoms with E-state index in [1.807, 2.05) is 0 Å². The van der Waals surface area contributed by atoms with Crippen molar-refractivity contribution >= 4 is 11.9 Å². The smallest absolute Gasteiger partial charge is 0.252 e. The molecule has 0 aromatic carbocycles. The molecule has 0 saturated heterocycles. The SMILES string of the molecule is CC(F)OC1CCC(Nc2ncc(C(N)=O)c(CC3CCC3)n2)CC1. The molecule has 1 aromatic heterocycles. The summed E-state index contributed by atoms with van der Waals surface area (Å²) in [6, 6.07) is 0.241. The van der Waals surface area contributed by atoms with Crippen molar-refractivity contribution in [2.45, 2.75) is 76.8 Å². The molecule has 2 saturated carbocycles. The van der Waals surface area contributed by atoms with Gasteiger partial charge in [0.2, 0.25) is 5.95 Å². The van der Waals surface area contributed by atoms with Crippen molar-refractivity contribution in [3.05, 3.63) is 17.5 Å². The number of aromatic nitrogens is 2. The fourth-order valence-electron chi connectivity index (χ4n) is 3.61. The summed E-state index contributed by atoms with van der Waals surface area (Å²) in [6.07, 6.45) is 8.11. The van der Waals surface area contributed by atoms with Crippen LogP contribution in [0.5, 0.6) is 0 Å². The lowest BCUT2D eigenvalue weighted by Crippen LogP contribution is -2.31. The summed E-state index contributed by atoms with van der Waals surface area (Å²) < 4.78 is 18.2. The quantitative estimate of drug-likeness (QED) is 0.789. The van der Waals surface area contributed by atoms with Gasteiger partial charge >= 0.3 is 0 Å². The second-order valence-corrected chi connectivity index (χ2v) is 7.22. The van der Waals surface area contributed by atoms with E-state index in [1.54, 1.807) is 0 Å². The largest absolute Gasteiger partial charge is 0.365 e. The molecule has 3 rings (SSSR count). The summed E-state index contributed by atoms with van der Waals surface area (Å²) in [5, 5.41) is 3.35. The predicted octanol–water partition coefficient (Wildman–Crippen LogP) is 2.97. The molecule has 0 radical (unpaired) electrons. The van der Waals surface area contributed by atoms with Gasteiger partial charge in [0.25, 0.3) is 5.91 Å². The van der Waals surface area contributed by atoms with Crippen LogP contribution in [0.4, 0.5) is 10.3 Å². The van der Waals surface area contributed by atoms with E-state index < -0.39 is 12.3 Å². The number of anilines is 1. The Hall–Kier alpha value is -1.76. The van der Waals surface area contributed by atoms with Crippen molar-refractivity contribution in [1.82, 2.24) is 9.97 Å². The number of alkyl halides is 1. The van der Waals surface area contributed by atoms with Crippen LogP contribution in [0, 0.1) is 5.92 Å². The molecule has 0 aliphatic heterocycles. The average Bonchev–Trinajstić information content (AvgIpc) is 2.52. The Morgan fingerprint density at radius 3 is 2.64 bits per heavy atom. The number of nitrogens with one attached hydrogen (secondary N) is 1. The van der Waals surface area contributed by atoms with Gasteiger partial charge < -0.3 is 15.8 Å². The number of hydrogen-bond donors (Lipinski definition) is 2. The van der Waals surface area contributed by atoms with Crippen molar-refractivity contribution in [3.63, 3.8) is 0 Å². The molecular formula is C18H27FN4O2. The maximum absolute atomic E-state index is 12.9. The molecular weight excluding hydrogens is 323 g/mol. The highest BCUT2D eigenvalue weighted by molar-refractivity contribution is 5.93. The highest BCUT2D eigenvalue weighted by Crippen LogP contribution is 2.30. The number of ether oxygens (including phenoxy) is 1. The van der Waals surface area contributed by atoms with Crippen molar-refractivity contribution in [2.75, 3.05) is 5.32 Å². The van der Waals surface area contributed by atoms with Gasteiger partial charge in [0.1, 0.15) is 0 Å². The Morgan fingerprint density at radius 1 is 1.36 bits per heavy atom. The lowest BCUT2D eigenvalue weighted by molar-refractivity contribution is -0.0862. The van der Waals surface area contributed by atoms with Crippen LogP contribution >= 0.6 is 0 Å². The minimum Gasteiger partial charge on any atom is -0.365 e. The number of nitrogens with zero attached hydrogens (tertiary/aromatic N) is 2. The van der Waals surface area contributed by atoms with E-state index in [1.165, 1.54) is 32.4 Å². The maximum atomic E-state index is 12.9. The van der Waals surface area contributed by atoms with Gasteiger partial charge in [-0.2, -0.15) is 0 Å². The van der Waals surface area contributed by atoms with E-state index in [9.17, 15) is 9.18 Å². The van der Waals surface area contributed by atoms with Crippen molar-refractivity contribution < 1.29 is 13.9 Å². The van der Waals surface area contributed by atoms with Crippen molar-refractivity contribution in [3.8, 4) is 0 Å². The van der Waals surface area contributed by atoms with Gasteiger partial charge in [0.05, 0.1) is 17.4 Å². The molecule has 2 fully saturated rings. The third-order valence-corrected chi connectivity index (χ3v) is 5.23. The minimum atomic E-state index is -1.21. The van der Waals surface area contributed by atoms with Gasteiger partial charge in [0, 0.05) is 12.2 Å². The van der Waals surface area contributed by atoms with Gasteiger partial charge in [-0.25, -0.2) is 14.4 Å². The third kappa shape index (κ3) is 4.87. The number of carbonyl (C=O) groups is 1. The van der Waals surface area contributed by atoms with Crippen LogP contribution in [-0.4, -0.2) is 34.4 Å². The normalized spacial score (nSPS) is 25.2. The summed E-state index contributed by atoms with van der Waals surface area (Å²) in [4.78, 5) is 20.4. The second-order valence-electron chi connectivity index (χ2n) is 7.22. The lowest BCUT2D eigenvalue weighted by Gasteiger charge is -2.29. The van der Waals surface area contributed by atoms with Gasteiger partial charge in [-0.1, -0.05) is 19.3 Å². The number of nitrogens with two attached hydrogens (primary N) is 1. The highest BCUT2D eigenvalue weighted by Gasteiger charge is 2.25. The van der Waals surface area contributed by atoms with E-state index in [0.29, 0.717) is 17.4 Å². The Kier molecular flexibility index (Phi) is 5.83. The first-order valence-electron chi connectivity index (χ1n) is 9.23. The monoisotopic (exact) mass is 350 g/mol. The zero-order chi connectivity index (χ0) is 17.8. The Bertz CT molecular complexity index is 599. The molecule has 3 N–H and O–H groups in total. The molecule has 0 spiro atoms. The number of halogens is 1. The van der Waals surface area contributed by atoms with Crippen LogP contribution in [0.15, 0.2) is 6.20 Å². The number of carbonyl (C=O) groups excluding carboxylic acids is 1. The van der Waals surface area contributed by atoms with Crippen molar-refractivity contribution in [2.24, 2.45) is 11.7 Å². The summed E-state index contributed by atoms with van der Waals surface area (Å²) in [5.74, 6) is 0.664. The first kappa shape index (κ1) is 18.0. The second kappa shape index (κ2) is 8.08. The van der Waals surface area contributed by atoms with Crippen LogP contribution in [0.2, 0.25) is 0 Å². The molecule has 25 heavy (non-hydrogen) atoms. The first-order valence-corrected chi connectivity index (χ1v) is 9.23. The molecule has 1 atom stereocenters. The molecule has 1 aromatic rings. The van der Waals surface area contributed by atoms with E-state index in [-0.39, 0.29) is 12.1 Å². The van der Waals surface area contributed by atoms with Gasteiger partial charge in [0.15, 0.2) is 6.36 Å². The highest BCUT2D eigenvalue weighted by atomic mass is 19.1. The molecule has 1 unspecified atom stereocenters. The van der Waals surface area contributed by atoms with Crippen LogP contribution in [0.3, 0.4) is 0 Å². The third-order valence-electron chi connectivity index (χ3n) is 5.23. The number of primary amides is 1. The molecule has 2 aliphatic rings. The standard InChI is InChI=1S/C18H27FN4O2/c1-11(19)25-14-7-5-13(6-8-14)22-18-21-10-15(17(20)24)16(23-18)9-12-3-2-4-12/h10-14H,2-9H2,1H3,(H2,20,24)(H,21,22,23). The summed E-state index contributed by atoms with van der Waals surface area (Å²) in [7, 11) is 0. The van der Waals surface area contributed by atoms with Gasteiger partial charge in [-0.05, 0) is 44.9 Å². The zero-order valence-electron chi connectivity index (χ0n) is 14.7. The van der Waals surface area contributed by atoms with E-state index in [2.05, 4.69) is 15.3 Å². The molecule has 6 nitrogen and oxygen atoms in total. The Morgan fingerprint density at radius 2 is 2.08 bits per heavy atom. The van der Waals surface area contributed by atoms with Gasteiger partial charge in [-0.15, -0.1) is 0 Å². The average molecular weight is 350 g/mol. The predicted molar refractivity (Wildman–Crippen MR) is 92.9 cm³/mol. The first-order chi connectivity index (χ1) is 12.0. The maximum Gasteiger partial charge on any atom is 0.252 e. The molecule has 138 valence electrons. The number of hydrogen-bond acceptors (Lipinski definition) is 5. The number of amides is 1. The zero-order valence-corrected chi connectivity index (χ0v) is 14.7. The fraction of sp³-hybridized carbons (Fsp3) is 0.722. The van der Waals surface area contributed by atoms with Gasteiger partial charge in [-0.3, -0.25) is 4.79 Å². The van der Waals surface area contributed by atoms with Crippen LogP contribution in [0.1, 0.15) is 67.9 Å². The van der Waals surface area contributed by atoms with Crippen LogP contribution in [0.25, 0.3) is 0 Å². The topological polar surface area (TPSA) is 90.1 Å². The Labute approximate surface area is 147 Å². The molecule has 0 bridgehead atoms. The minimum absolute atomic E-state index is 0.00890. The summed E-state index contributed by atoms with van der Waals surface area (Å²) in [5.41, 5.74) is 6.63. The Balaban J connectivity index is 1.60. The summed E-state index contributed by atoms with van der Waals surface area (Å²) in [6.45, 7) is 1.42. The van der Waals surface area contributed by atoms with Crippen LogP contribution < -0.4 is 11.1 Å². The summed E-state index contributed by atoms with van der Waals surface area (Å²) >= 11 is 0. The van der Waals surface area contributed by atoms with E-state index >= 15 is 0 Å². The fourth-order valence-corrected chi connectivity index (χ4v) is 3.61. The van der Waals surface area contributed by atoms with E-state index in [0.717, 1.165) is 37.8 Å². The number of rotatable bonds is 7.